The molecule has 50 heavy (non-hydrogen) atoms. The molecule has 0 aliphatic rings. The first-order chi connectivity index (χ1) is 24.3. The third-order valence-electron chi connectivity index (χ3n) is 10.5. The molecule has 0 aromatic rings. The standard InChI is InChI=1S/C28H59P.C16H35P.2H2O.O.Ti/c1-7-13-15-17-18-20-26-29(25-12-6)28(23-10-4,24-11-5)27(21-9-3)22-19-16-14-8-2;1-3-5-7-9-11-13-15-17-16-14-12-10-8-6-4-2;;;;/h27H,7-26H2,1-6H3;17H,3-16H2,1-2H3;2*1H2;;/q;;;;;+2/p-2. The summed E-state index contributed by atoms with van der Waals surface area (Å²) in [5.74, 6) is 1.00. The van der Waals surface area contributed by atoms with E-state index in [-0.39, 0.29) is 7.92 Å². The quantitative estimate of drug-likeness (QED) is 0.0378. The Morgan fingerprint density at radius 3 is 1.22 bits per heavy atom. The van der Waals surface area contributed by atoms with E-state index in [0.717, 1.165) is 5.92 Å². The van der Waals surface area contributed by atoms with Crippen molar-refractivity contribution in [2.24, 2.45) is 5.92 Å². The fraction of sp³-hybridized carbons (Fsp3) is 1.00. The van der Waals surface area contributed by atoms with Crippen LogP contribution in [0.3, 0.4) is 0 Å². The van der Waals surface area contributed by atoms with Crippen LogP contribution in [0.25, 0.3) is 0 Å². The monoisotopic (exact) mass is 783 g/mol. The Kier molecular flexibility index (Phi) is 51.7. The van der Waals surface area contributed by atoms with Crippen LogP contribution in [0.15, 0.2) is 0 Å². The minimum atomic E-state index is -3.58. The third kappa shape index (κ3) is 37.6. The van der Waals surface area contributed by atoms with Gasteiger partial charge in [-0.1, -0.05) is 203 Å². The predicted molar refractivity (Wildman–Crippen MR) is 230 cm³/mol. The third-order valence-corrected chi connectivity index (χ3v) is 15.8. The van der Waals surface area contributed by atoms with Gasteiger partial charge < -0.3 is 0 Å². The van der Waals surface area contributed by atoms with Gasteiger partial charge in [-0.15, -0.1) is 16.5 Å². The Hall–Kier alpha value is 1.29. The van der Waals surface area contributed by atoms with E-state index in [1.165, 1.54) is 214 Å². The number of unbranched alkanes of at least 4 members (excludes halogenated alkanes) is 18. The van der Waals surface area contributed by atoms with Gasteiger partial charge in [-0.2, -0.15) is 0 Å². The molecule has 0 fully saturated rings. The van der Waals surface area contributed by atoms with Crippen molar-refractivity contribution in [1.29, 1.82) is 0 Å². The van der Waals surface area contributed by atoms with Crippen molar-refractivity contribution >= 4 is 16.5 Å². The Balaban J connectivity index is -0.000000885. The van der Waals surface area contributed by atoms with E-state index >= 15 is 0 Å². The fourth-order valence-corrected chi connectivity index (χ4v) is 13.3. The molecule has 0 aliphatic carbocycles. The molecule has 304 valence electrons. The van der Waals surface area contributed by atoms with Crippen molar-refractivity contribution in [3.05, 3.63) is 0 Å². The first kappa shape index (κ1) is 55.6. The van der Waals surface area contributed by atoms with Gasteiger partial charge in [-0.25, -0.2) is 0 Å². The van der Waals surface area contributed by atoms with Crippen LogP contribution in [0, 0.1) is 5.92 Å². The summed E-state index contributed by atoms with van der Waals surface area (Å²) in [6, 6.07) is 0. The molecule has 0 spiro atoms. The van der Waals surface area contributed by atoms with Crippen LogP contribution in [0.5, 0.6) is 0 Å². The summed E-state index contributed by atoms with van der Waals surface area (Å²) in [5, 5.41) is 0.695. The molecule has 2 atom stereocenters. The zero-order valence-corrected chi connectivity index (χ0v) is 39.3. The van der Waals surface area contributed by atoms with Gasteiger partial charge in [0, 0.05) is 0 Å². The molecule has 0 amide bonds. The van der Waals surface area contributed by atoms with Crippen molar-refractivity contribution in [3.63, 3.8) is 0 Å². The zero-order valence-electron chi connectivity index (χ0n) is 35.9. The van der Waals surface area contributed by atoms with E-state index in [9.17, 15) is 0 Å². The molecule has 0 bridgehead atoms. The molecule has 0 saturated heterocycles. The number of rotatable bonds is 36. The molecular weight excluding hydrogens is 686 g/mol. The van der Waals surface area contributed by atoms with Crippen LogP contribution in [-0.4, -0.2) is 37.2 Å². The van der Waals surface area contributed by atoms with E-state index in [1.807, 2.05) is 0 Å². The van der Waals surface area contributed by atoms with Gasteiger partial charge in [0.2, 0.25) is 0 Å². The minimum absolute atomic E-state index is 0.180. The molecule has 0 rings (SSSR count). The van der Waals surface area contributed by atoms with E-state index in [1.54, 1.807) is 12.3 Å². The normalized spacial score (nSPS) is 12.5. The summed E-state index contributed by atoms with van der Waals surface area (Å²) in [6.07, 6.45) is 49.8. The summed E-state index contributed by atoms with van der Waals surface area (Å²) in [7, 11) is 1.44. The molecule has 0 aromatic carbocycles. The Morgan fingerprint density at radius 2 is 0.840 bits per heavy atom. The van der Waals surface area contributed by atoms with Crippen LogP contribution in [0.4, 0.5) is 0 Å². The van der Waals surface area contributed by atoms with Gasteiger partial charge >= 0.3 is 29.3 Å². The topological polar surface area (TPSA) is 57.5 Å². The average molecular weight is 783 g/mol. The summed E-state index contributed by atoms with van der Waals surface area (Å²) in [5.41, 5.74) is 0. The molecular formula is C44H96O3P2Ti. The first-order valence-electron chi connectivity index (χ1n) is 22.7. The van der Waals surface area contributed by atoms with Crippen molar-refractivity contribution in [2.75, 3.05) is 24.6 Å². The van der Waals surface area contributed by atoms with Crippen LogP contribution < -0.4 is 0 Å². The van der Waals surface area contributed by atoms with Crippen LogP contribution in [-0.2, 0) is 21.9 Å². The number of hydrogen-bond donors (Lipinski definition) is 2. The second-order valence-corrected chi connectivity index (χ2v) is 20.5. The fourth-order valence-electron chi connectivity index (χ4n) is 7.92. The summed E-state index contributed by atoms with van der Waals surface area (Å²) in [6.45, 7) is 19.1. The molecule has 0 aromatic heterocycles. The van der Waals surface area contributed by atoms with Gasteiger partial charge in [-0.05, 0) is 80.7 Å². The van der Waals surface area contributed by atoms with Gasteiger partial charge in [0.1, 0.15) is 0 Å². The molecule has 0 radical (unpaired) electrons. The van der Waals surface area contributed by atoms with Gasteiger partial charge in [0.05, 0.1) is 0 Å². The first-order valence-corrected chi connectivity index (χ1v) is 27.8. The van der Waals surface area contributed by atoms with Crippen molar-refractivity contribution in [1.82, 2.24) is 0 Å². The van der Waals surface area contributed by atoms with Crippen LogP contribution in [0.1, 0.15) is 248 Å². The SMILES string of the molecule is CCCCCCCCP(CCC)C(CCC)(CCC)C(CCC)CCCCCC.CCCCCCCCPCCCCCCCC.[O]=[Ti]([OH])[OH]. The average Bonchev–Trinajstić information content (AvgIpc) is 3.09. The molecule has 3 nitrogen and oxygen atoms in total. The molecule has 0 aliphatic heterocycles. The predicted octanol–water partition coefficient (Wildman–Crippen LogP) is 16.1. The molecule has 2 N–H and O–H groups in total. The van der Waals surface area contributed by atoms with Gasteiger partial charge in [-0.3, -0.25) is 0 Å². The maximum absolute atomic E-state index is 8.81. The number of hydrogen-bond acceptors (Lipinski definition) is 1. The molecule has 2 unspecified atom stereocenters. The summed E-state index contributed by atoms with van der Waals surface area (Å²) < 4.78 is 23.2. The second-order valence-electron chi connectivity index (χ2n) is 15.3. The van der Waals surface area contributed by atoms with Crippen molar-refractivity contribution in [3.8, 4) is 0 Å². The van der Waals surface area contributed by atoms with E-state index < -0.39 is 18.6 Å². The summed E-state index contributed by atoms with van der Waals surface area (Å²) >= 11 is -3.58. The Labute approximate surface area is 327 Å². The molecule has 0 heterocycles. The molecule has 0 saturated carbocycles. The van der Waals surface area contributed by atoms with Crippen molar-refractivity contribution < 1.29 is 29.3 Å². The van der Waals surface area contributed by atoms with Gasteiger partial charge in [0.15, 0.2) is 0 Å². The maximum atomic E-state index is 8.81. The summed E-state index contributed by atoms with van der Waals surface area (Å²) in [4.78, 5) is 0. The van der Waals surface area contributed by atoms with E-state index in [0.29, 0.717) is 5.16 Å². The Bertz CT molecular complexity index is 612. The van der Waals surface area contributed by atoms with Crippen LogP contribution in [0.2, 0.25) is 0 Å². The Morgan fingerprint density at radius 1 is 0.460 bits per heavy atom. The van der Waals surface area contributed by atoms with E-state index in [2.05, 4.69) is 55.4 Å². The van der Waals surface area contributed by atoms with E-state index in [4.69, 9.17) is 10.7 Å². The molecule has 6 heteroatoms. The second kappa shape index (κ2) is 46.4. The van der Waals surface area contributed by atoms with Gasteiger partial charge in [0.25, 0.3) is 0 Å². The zero-order chi connectivity index (χ0) is 38.0. The van der Waals surface area contributed by atoms with Crippen LogP contribution >= 0.6 is 16.5 Å². The van der Waals surface area contributed by atoms with Crippen molar-refractivity contribution in [2.45, 2.75) is 253 Å².